The van der Waals surface area contributed by atoms with Crippen molar-refractivity contribution in [2.24, 2.45) is 0 Å². The summed E-state index contributed by atoms with van der Waals surface area (Å²) in [7, 11) is 0. The summed E-state index contributed by atoms with van der Waals surface area (Å²) >= 11 is 3.55. The fraction of sp³-hybridized carbons (Fsp3) is 0.571. The maximum atomic E-state index is 5.62. The number of hydrogen-bond donors (Lipinski definition) is 1. The van der Waals surface area contributed by atoms with Gasteiger partial charge in [0.05, 0.1) is 4.47 Å². The molecule has 100 valence electrons. The summed E-state index contributed by atoms with van der Waals surface area (Å²) in [4.78, 5) is 0. The van der Waals surface area contributed by atoms with Crippen LogP contribution in [0.4, 0.5) is 0 Å². The van der Waals surface area contributed by atoms with Crippen molar-refractivity contribution < 1.29 is 9.47 Å². The third-order valence-corrected chi connectivity index (χ3v) is 3.56. The predicted molar refractivity (Wildman–Crippen MR) is 76.6 cm³/mol. The van der Waals surface area contributed by atoms with Crippen LogP contribution in [0.3, 0.4) is 0 Å². The first-order valence-electron chi connectivity index (χ1n) is 6.60. The minimum Gasteiger partial charge on any atom is -0.486 e. The van der Waals surface area contributed by atoms with E-state index in [-0.39, 0.29) is 0 Å². The number of rotatable bonds is 6. The molecule has 1 aliphatic rings. The molecule has 0 radical (unpaired) electrons. The van der Waals surface area contributed by atoms with Crippen LogP contribution in [0.1, 0.15) is 25.3 Å². The lowest BCUT2D eigenvalue weighted by molar-refractivity contribution is 0.170. The van der Waals surface area contributed by atoms with Crippen LogP contribution in [0, 0.1) is 0 Å². The van der Waals surface area contributed by atoms with Gasteiger partial charge in [0, 0.05) is 0 Å². The zero-order chi connectivity index (χ0) is 12.8. The van der Waals surface area contributed by atoms with E-state index in [2.05, 4.69) is 40.3 Å². The molecule has 1 aliphatic heterocycles. The van der Waals surface area contributed by atoms with E-state index in [9.17, 15) is 0 Å². The lowest BCUT2D eigenvalue weighted by atomic mass is 10.1. The lowest BCUT2D eigenvalue weighted by Crippen LogP contribution is -2.16. The molecule has 0 aliphatic carbocycles. The summed E-state index contributed by atoms with van der Waals surface area (Å²) < 4.78 is 12.2. The van der Waals surface area contributed by atoms with Gasteiger partial charge in [-0.2, -0.15) is 0 Å². The van der Waals surface area contributed by atoms with Gasteiger partial charge in [-0.05, 0) is 66.0 Å². The Morgan fingerprint density at radius 2 is 2.06 bits per heavy atom. The van der Waals surface area contributed by atoms with E-state index >= 15 is 0 Å². The molecule has 0 unspecified atom stereocenters. The number of aryl methyl sites for hydroxylation is 1. The maximum Gasteiger partial charge on any atom is 0.175 e. The van der Waals surface area contributed by atoms with Crippen LogP contribution in [0.2, 0.25) is 0 Å². The van der Waals surface area contributed by atoms with Crippen molar-refractivity contribution in [3.05, 3.63) is 22.2 Å². The molecule has 0 amide bonds. The highest BCUT2D eigenvalue weighted by Crippen LogP contribution is 2.38. The van der Waals surface area contributed by atoms with E-state index in [0.29, 0.717) is 13.2 Å². The first-order chi connectivity index (χ1) is 8.81. The Kier molecular flexibility index (Phi) is 5.32. The van der Waals surface area contributed by atoms with E-state index in [1.165, 1.54) is 18.4 Å². The van der Waals surface area contributed by atoms with Gasteiger partial charge in [0.25, 0.3) is 0 Å². The lowest BCUT2D eigenvalue weighted by Gasteiger charge is -2.20. The van der Waals surface area contributed by atoms with Gasteiger partial charge < -0.3 is 14.8 Å². The van der Waals surface area contributed by atoms with E-state index in [1.807, 2.05) is 0 Å². The highest BCUT2D eigenvalue weighted by molar-refractivity contribution is 9.10. The summed E-state index contributed by atoms with van der Waals surface area (Å²) in [5, 5.41) is 3.34. The van der Waals surface area contributed by atoms with Crippen LogP contribution in [0.25, 0.3) is 0 Å². The molecule has 2 rings (SSSR count). The zero-order valence-electron chi connectivity index (χ0n) is 10.8. The van der Waals surface area contributed by atoms with E-state index in [4.69, 9.17) is 9.47 Å². The minimum atomic E-state index is 0.633. The number of nitrogens with one attached hydrogen (secondary N) is 1. The molecule has 0 aromatic heterocycles. The van der Waals surface area contributed by atoms with Crippen LogP contribution in [0.15, 0.2) is 16.6 Å². The normalized spacial score (nSPS) is 13.7. The molecule has 1 N–H and O–H groups in total. The molecule has 1 heterocycles. The topological polar surface area (TPSA) is 30.5 Å². The molecule has 1 aromatic rings. The van der Waals surface area contributed by atoms with Crippen LogP contribution < -0.4 is 14.8 Å². The Labute approximate surface area is 117 Å². The van der Waals surface area contributed by atoms with Crippen molar-refractivity contribution >= 4 is 15.9 Å². The quantitative estimate of drug-likeness (QED) is 0.818. The molecular weight excluding hydrogens is 294 g/mol. The Balaban J connectivity index is 1.91. The van der Waals surface area contributed by atoms with Gasteiger partial charge in [-0.1, -0.05) is 6.92 Å². The highest BCUT2D eigenvalue weighted by atomic mass is 79.9. The standard InChI is InChI=1S/C14H20BrNO2/c1-2-16-6-4-3-5-11-9-12(15)14-13(10-11)17-7-8-18-14/h9-10,16H,2-8H2,1H3. The average molecular weight is 314 g/mol. The van der Waals surface area contributed by atoms with Crippen molar-refractivity contribution in [2.75, 3.05) is 26.3 Å². The molecule has 3 nitrogen and oxygen atoms in total. The highest BCUT2D eigenvalue weighted by Gasteiger charge is 2.15. The van der Waals surface area contributed by atoms with Gasteiger partial charge in [-0.15, -0.1) is 0 Å². The number of benzene rings is 1. The van der Waals surface area contributed by atoms with Gasteiger partial charge in [0.1, 0.15) is 13.2 Å². The van der Waals surface area contributed by atoms with Crippen LogP contribution in [-0.4, -0.2) is 26.3 Å². The Hall–Kier alpha value is -0.740. The van der Waals surface area contributed by atoms with Crippen molar-refractivity contribution in [1.82, 2.24) is 5.32 Å². The van der Waals surface area contributed by atoms with E-state index in [1.54, 1.807) is 0 Å². The molecule has 0 saturated heterocycles. The second-order valence-electron chi connectivity index (χ2n) is 4.41. The predicted octanol–water partition coefficient (Wildman–Crippen LogP) is 3.15. The van der Waals surface area contributed by atoms with Crippen molar-refractivity contribution in [3.63, 3.8) is 0 Å². The van der Waals surface area contributed by atoms with Gasteiger partial charge >= 0.3 is 0 Å². The third-order valence-electron chi connectivity index (χ3n) is 2.98. The number of halogens is 1. The SMILES string of the molecule is CCNCCCCc1cc(Br)c2c(c1)OCCO2. The first-order valence-corrected chi connectivity index (χ1v) is 7.39. The number of fused-ring (bicyclic) bond motifs is 1. The largest absolute Gasteiger partial charge is 0.486 e. The molecule has 0 spiro atoms. The van der Waals surface area contributed by atoms with Gasteiger partial charge in [0.15, 0.2) is 11.5 Å². The van der Waals surface area contributed by atoms with E-state index < -0.39 is 0 Å². The summed E-state index contributed by atoms with van der Waals surface area (Å²) in [6.07, 6.45) is 3.49. The number of unbranched alkanes of at least 4 members (excludes halogenated alkanes) is 1. The van der Waals surface area contributed by atoms with Gasteiger partial charge in [-0.25, -0.2) is 0 Å². The fourth-order valence-corrected chi connectivity index (χ4v) is 2.67. The van der Waals surface area contributed by atoms with Gasteiger partial charge in [0.2, 0.25) is 0 Å². The monoisotopic (exact) mass is 313 g/mol. The Bertz CT molecular complexity index is 396. The zero-order valence-corrected chi connectivity index (χ0v) is 12.4. The number of hydrogen-bond acceptors (Lipinski definition) is 3. The molecule has 4 heteroatoms. The average Bonchev–Trinajstić information content (AvgIpc) is 2.39. The van der Waals surface area contributed by atoms with Crippen LogP contribution in [0.5, 0.6) is 11.5 Å². The van der Waals surface area contributed by atoms with Gasteiger partial charge in [-0.3, -0.25) is 0 Å². The van der Waals surface area contributed by atoms with Crippen molar-refractivity contribution in [2.45, 2.75) is 26.2 Å². The Morgan fingerprint density at radius 1 is 1.22 bits per heavy atom. The molecule has 18 heavy (non-hydrogen) atoms. The molecule has 1 aromatic carbocycles. The number of ether oxygens (including phenoxy) is 2. The van der Waals surface area contributed by atoms with Crippen molar-refractivity contribution in [1.29, 1.82) is 0 Å². The summed E-state index contributed by atoms with van der Waals surface area (Å²) in [5.41, 5.74) is 1.31. The maximum absolute atomic E-state index is 5.62. The smallest absolute Gasteiger partial charge is 0.175 e. The molecule has 0 fully saturated rings. The Morgan fingerprint density at radius 3 is 2.89 bits per heavy atom. The molecule has 0 atom stereocenters. The molecule has 0 saturated carbocycles. The fourth-order valence-electron chi connectivity index (χ4n) is 2.06. The molecule has 0 bridgehead atoms. The third kappa shape index (κ3) is 3.62. The molecular formula is C14H20BrNO2. The summed E-state index contributed by atoms with van der Waals surface area (Å²) in [5.74, 6) is 1.72. The van der Waals surface area contributed by atoms with Crippen molar-refractivity contribution in [3.8, 4) is 11.5 Å². The summed E-state index contributed by atoms with van der Waals surface area (Å²) in [6, 6.07) is 4.24. The second-order valence-corrected chi connectivity index (χ2v) is 5.27. The van der Waals surface area contributed by atoms with Crippen LogP contribution >= 0.6 is 15.9 Å². The second kappa shape index (κ2) is 7.00. The minimum absolute atomic E-state index is 0.633. The van der Waals surface area contributed by atoms with Crippen LogP contribution in [-0.2, 0) is 6.42 Å². The summed E-state index contributed by atoms with van der Waals surface area (Å²) in [6.45, 7) is 5.56. The first kappa shape index (κ1) is 13.7. The van der Waals surface area contributed by atoms with E-state index in [0.717, 1.165) is 35.5 Å².